The van der Waals surface area contributed by atoms with Gasteiger partial charge in [0, 0.05) is 0 Å². The Balaban J connectivity index is 0.00000152. The Bertz CT molecular complexity index is 1450. The van der Waals surface area contributed by atoms with Crippen LogP contribution in [-0.2, 0) is 20.1 Å². The van der Waals surface area contributed by atoms with Crippen LogP contribution < -0.4 is 24.8 Å². The Kier molecular flexibility index (Phi) is 8.51. The minimum absolute atomic E-state index is 0. The second kappa shape index (κ2) is 11.1. The molecule has 4 aromatic carbocycles. The zero-order chi connectivity index (χ0) is 23.4. The molecule has 2 aliphatic carbocycles. The molecule has 0 saturated heterocycles. The van der Waals surface area contributed by atoms with Gasteiger partial charge in [-0.25, -0.2) is 0 Å². The molecule has 0 aromatic heterocycles. The molecule has 0 aliphatic heterocycles. The molecule has 0 amide bonds. The van der Waals surface area contributed by atoms with Crippen LogP contribution in [0.4, 0.5) is 0 Å². The number of halogens is 2. The van der Waals surface area contributed by atoms with Gasteiger partial charge < -0.3 is 24.8 Å². The third kappa shape index (κ3) is 4.32. The number of hydrogen-bond acceptors (Lipinski definition) is 0. The normalized spacial score (nSPS) is 17.3. The Hall–Kier alpha value is -1.45. The average molecular weight is 694 g/mol. The van der Waals surface area contributed by atoms with E-state index in [0.717, 1.165) is 7.35 Å². The van der Waals surface area contributed by atoms with Gasteiger partial charge in [0.05, 0.1) is 0 Å². The first-order valence-corrected chi connectivity index (χ1v) is 24.8. The van der Waals surface area contributed by atoms with Crippen LogP contribution in [0, 0.1) is 0 Å². The van der Waals surface area contributed by atoms with Gasteiger partial charge in [-0.05, 0) is 0 Å². The maximum atomic E-state index is 2.64. The molecule has 0 heterocycles. The molecule has 2 aliphatic rings. The first-order chi connectivity index (χ1) is 16.6. The molecular formula is C32H32Cl2HfSi. The van der Waals surface area contributed by atoms with Crippen LogP contribution in [0.3, 0.4) is 0 Å². The van der Waals surface area contributed by atoms with E-state index in [0.29, 0.717) is 0 Å². The molecule has 0 fully saturated rings. The summed E-state index contributed by atoms with van der Waals surface area (Å²) < 4.78 is 1.46. The van der Waals surface area contributed by atoms with Crippen molar-refractivity contribution < 1.29 is 44.9 Å². The van der Waals surface area contributed by atoms with Crippen LogP contribution in [0.2, 0.25) is 13.1 Å². The summed E-state index contributed by atoms with van der Waals surface area (Å²) in [5.41, 5.74) is 9.46. The third-order valence-corrected chi connectivity index (χ3v) is 35.7. The van der Waals surface area contributed by atoms with E-state index in [9.17, 15) is 0 Å². The predicted octanol–water partition coefficient (Wildman–Crippen LogP) is 3.27. The smallest absolute Gasteiger partial charge is 1.00 e. The number of allylic oxidation sites excluding steroid dienone is 2. The summed E-state index contributed by atoms with van der Waals surface area (Å²) in [6.07, 6.45) is 7.56. The van der Waals surface area contributed by atoms with Gasteiger partial charge in [-0.2, -0.15) is 0 Å². The topological polar surface area (TPSA) is 0 Å². The van der Waals surface area contributed by atoms with Crippen molar-refractivity contribution in [1.82, 2.24) is 0 Å². The van der Waals surface area contributed by atoms with Gasteiger partial charge >= 0.3 is 213 Å². The van der Waals surface area contributed by atoms with Crippen molar-refractivity contribution in [2.24, 2.45) is 0 Å². The van der Waals surface area contributed by atoms with E-state index in [-0.39, 0.29) is 30.3 Å². The average Bonchev–Trinajstić information content (AvgIpc) is 3.43. The molecule has 0 N–H and O–H groups in total. The molecular weight excluding hydrogens is 662 g/mol. The molecule has 4 aromatic rings. The summed E-state index contributed by atoms with van der Waals surface area (Å²) in [5.74, 6) is 0. The molecule has 2 unspecified atom stereocenters. The van der Waals surface area contributed by atoms with Gasteiger partial charge in [0.2, 0.25) is 0 Å². The van der Waals surface area contributed by atoms with E-state index >= 15 is 0 Å². The fourth-order valence-corrected chi connectivity index (χ4v) is 36.0. The van der Waals surface area contributed by atoms with Crippen LogP contribution in [0.5, 0.6) is 0 Å². The second-order valence-corrected chi connectivity index (χ2v) is 35.0. The third-order valence-electron chi connectivity index (χ3n) is 8.05. The Labute approximate surface area is 235 Å². The fraction of sp³-hybridized carbons (Fsp3) is 0.250. The molecule has 0 saturated carbocycles. The van der Waals surface area contributed by atoms with Crippen molar-refractivity contribution >= 4 is 39.2 Å². The molecule has 0 nitrogen and oxygen atoms in total. The quantitative estimate of drug-likeness (QED) is 0.288. The Morgan fingerprint density at radius 1 is 0.611 bits per heavy atom. The van der Waals surface area contributed by atoms with Gasteiger partial charge in [0.15, 0.2) is 0 Å². The number of hydrogen-bond donors (Lipinski definition) is 0. The zero-order valence-corrected chi connectivity index (χ0v) is 27.5. The van der Waals surface area contributed by atoms with Gasteiger partial charge in [-0.15, -0.1) is 0 Å². The van der Waals surface area contributed by atoms with Crippen molar-refractivity contribution in [2.75, 3.05) is 0 Å². The van der Waals surface area contributed by atoms with E-state index in [1.54, 1.807) is 22.3 Å². The molecule has 0 bridgehead atoms. The first kappa shape index (κ1) is 27.6. The van der Waals surface area contributed by atoms with E-state index in [2.05, 4.69) is 112 Å². The van der Waals surface area contributed by atoms with E-state index in [4.69, 9.17) is 0 Å². The Morgan fingerprint density at radius 3 is 1.42 bits per heavy atom. The molecule has 0 spiro atoms. The monoisotopic (exact) mass is 694 g/mol. The maximum Gasteiger partial charge on any atom is -1.00 e. The van der Waals surface area contributed by atoms with E-state index < -0.39 is 20.1 Å². The van der Waals surface area contributed by atoms with E-state index in [1.807, 2.05) is 0 Å². The number of rotatable bonds is 4. The van der Waals surface area contributed by atoms with Crippen LogP contribution in [0.25, 0.3) is 33.7 Å². The molecule has 4 heteroatoms. The molecule has 36 heavy (non-hydrogen) atoms. The van der Waals surface area contributed by atoms with Crippen molar-refractivity contribution in [3.63, 3.8) is 0 Å². The summed E-state index contributed by atoms with van der Waals surface area (Å²) in [7, 11) is 0. The minimum Gasteiger partial charge on any atom is -1.00 e. The SMILES string of the molecule is CCC1=Cc2c(ccc3ccccc23)[CH]1[Hf+2]([CH]1C(CC)=Cc2c1ccc1ccccc21)=[Si](C)C.[Cl-].[Cl-]. The van der Waals surface area contributed by atoms with Crippen LogP contribution in [0.1, 0.15) is 56.3 Å². The standard InChI is InChI=1S/2C15H13.C2H6Si.2ClH.Hf/c2*1-2-11-9-13-8-7-12-5-3-4-6-14(12)15(13)10-11;1-3-2;;;/h2*3-10H,2H2,1H3;1-2H3;2*1H;/q;;;;;+2/p-2. The molecule has 2 atom stereocenters. The summed E-state index contributed by atoms with van der Waals surface area (Å²) in [4.78, 5) is 0. The Morgan fingerprint density at radius 2 is 1.03 bits per heavy atom. The van der Waals surface area contributed by atoms with Gasteiger partial charge in [-0.1, -0.05) is 0 Å². The summed E-state index contributed by atoms with van der Waals surface area (Å²) in [5, 5.41) is 5.66. The number of fused-ring (bicyclic) bond motifs is 6. The summed E-state index contributed by atoms with van der Waals surface area (Å²) in [6, 6.07) is 27.8. The van der Waals surface area contributed by atoms with Gasteiger partial charge in [0.1, 0.15) is 0 Å². The van der Waals surface area contributed by atoms with Crippen molar-refractivity contribution in [3.8, 4) is 0 Å². The van der Waals surface area contributed by atoms with E-state index in [1.165, 1.54) is 45.5 Å². The van der Waals surface area contributed by atoms with Crippen molar-refractivity contribution in [3.05, 3.63) is 106 Å². The molecule has 6 rings (SSSR count). The second-order valence-electron chi connectivity index (χ2n) is 10.0. The fourth-order valence-electron chi connectivity index (χ4n) is 6.48. The number of benzene rings is 4. The van der Waals surface area contributed by atoms with Crippen molar-refractivity contribution in [2.45, 2.75) is 47.1 Å². The van der Waals surface area contributed by atoms with Crippen LogP contribution in [0.15, 0.2) is 83.9 Å². The van der Waals surface area contributed by atoms with Gasteiger partial charge in [-0.3, -0.25) is 0 Å². The van der Waals surface area contributed by atoms with Crippen LogP contribution in [-0.4, -0.2) is 5.49 Å². The van der Waals surface area contributed by atoms with Gasteiger partial charge in [0.25, 0.3) is 0 Å². The summed E-state index contributed by atoms with van der Waals surface area (Å²) in [6.45, 7) is 10.1. The maximum absolute atomic E-state index is 2.64. The first-order valence-electron chi connectivity index (χ1n) is 12.7. The largest absolute Gasteiger partial charge is 1.00 e. The zero-order valence-electron chi connectivity index (χ0n) is 21.4. The summed E-state index contributed by atoms with van der Waals surface area (Å²) >= 11 is -2.23. The predicted molar refractivity (Wildman–Crippen MR) is 147 cm³/mol. The van der Waals surface area contributed by atoms with Crippen LogP contribution >= 0.6 is 0 Å². The van der Waals surface area contributed by atoms with Crippen molar-refractivity contribution in [1.29, 1.82) is 0 Å². The minimum atomic E-state index is -2.23. The molecule has 182 valence electrons. The molecule has 0 radical (unpaired) electrons.